The van der Waals surface area contributed by atoms with Crippen LogP contribution in [0.1, 0.15) is 30.8 Å². The molecular weight excluding hydrogens is 611 g/mol. The van der Waals surface area contributed by atoms with Gasteiger partial charge in [0.1, 0.15) is 0 Å². The number of aromatic nitrogens is 5. The van der Waals surface area contributed by atoms with Crippen LogP contribution in [0.4, 0.5) is 0 Å². The van der Waals surface area contributed by atoms with Gasteiger partial charge in [0.2, 0.25) is 11.9 Å². The molecule has 0 saturated carbocycles. The molecule has 0 N–H and O–H groups in total. The number of hydrogen-bond acceptors (Lipinski definition) is 3. The molecule has 238 valence electrons. The molecule has 0 atom stereocenters. The molecule has 50 heavy (non-hydrogen) atoms. The van der Waals surface area contributed by atoms with Gasteiger partial charge in [-0.15, -0.1) is 0 Å². The van der Waals surface area contributed by atoms with Crippen molar-refractivity contribution in [2.24, 2.45) is 0 Å². The van der Waals surface area contributed by atoms with E-state index in [0.29, 0.717) is 17.7 Å². The number of fused-ring (bicyclic) bond motifs is 6. The van der Waals surface area contributed by atoms with Gasteiger partial charge in [-0.1, -0.05) is 140 Å². The van der Waals surface area contributed by atoms with Crippen molar-refractivity contribution < 1.29 is 0 Å². The van der Waals surface area contributed by atoms with E-state index < -0.39 is 0 Å². The highest BCUT2D eigenvalue weighted by Gasteiger charge is 2.24. The van der Waals surface area contributed by atoms with Crippen LogP contribution in [0, 0.1) is 0 Å². The van der Waals surface area contributed by atoms with Gasteiger partial charge in [-0.25, -0.2) is 0 Å². The highest BCUT2D eigenvalue weighted by Crippen LogP contribution is 2.38. The molecule has 5 heteroatoms. The SMILES string of the molecule is C/C=C(\C(=C(/C)c1ccccc1)c1nc(-n2c3ccccc3c3ccccc32)nc(-n2c3ccccc3c3ccccc32)n1)c1ccccc1. The molecule has 0 fully saturated rings. The van der Waals surface area contributed by atoms with Gasteiger partial charge >= 0.3 is 0 Å². The Hall–Kier alpha value is -6.59. The van der Waals surface area contributed by atoms with E-state index >= 15 is 0 Å². The molecular formula is C45H33N5. The molecule has 0 aliphatic carbocycles. The molecule has 0 unspecified atom stereocenters. The molecule has 0 amide bonds. The lowest BCUT2D eigenvalue weighted by atomic mass is 9.90. The fourth-order valence-electron chi connectivity index (χ4n) is 7.34. The van der Waals surface area contributed by atoms with Crippen LogP contribution in [0.15, 0.2) is 164 Å². The number of nitrogens with zero attached hydrogens (tertiary/aromatic N) is 5. The van der Waals surface area contributed by atoms with Gasteiger partial charge < -0.3 is 0 Å². The van der Waals surface area contributed by atoms with Crippen molar-refractivity contribution in [3.8, 4) is 11.9 Å². The van der Waals surface area contributed by atoms with E-state index in [2.05, 4.69) is 175 Å². The fraction of sp³-hybridized carbons (Fsp3) is 0.0444. The van der Waals surface area contributed by atoms with E-state index in [1.807, 2.05) is 12.1 Å². The minimum atomic E-state index is 0.561. The van der Waals surface area contributed by atoms with Crippen LogP contribution in [0.3, 0.4) is 0 Å². The van der Waals surface area contributed by atoms with E-state index in [4.69, 9.17) is 15.0 Å². The predicted molar refractivity (Wildman–Crippen MR) is 208 cm³/mol. The van der Waals surface area contributed by atoms with Crippen LogP contribution in [0.2, 0.25) is 0 Å². The summed E-state index contributed by atoms with van der Waals surface area (Å²) in [5, 5.41) is 4.60. The lowest BCUT2D eigenvalue weighted by molar-refractivity contribution is 0.875. The summed E-state index contributed by atoms with van der Waals surface area (Å²) in [4.78, 5) is 16.2. The molecule has 0 aliphatic heterocycles. The summed E-state index contributed by atoms with van der Waals surface area (Å²) in [6.07, 6.45) is 2.17. The van der Waals surface area contributed by atoms with Crippen molar-refractivity contribution in [1.82, 2.24) is 24.1 Å². The second-order valence-electron chi connectivity index (χ2n) is 12.4. The van der Waals surface area contributed by atoms with Crippen LogP contribution < -0.4 is 0 Å². The summed E-state index contributed by atoms with van der Waals surface area (Å²) < 4.78 is 4.36. The van der Waals surface area contributed by atoms with E-state index in [1.165, 1.54) is 0 Å². The Balaban J connectivity index is 1.43. The first-order valence-electron chi connectivity index (χ1n) is 16.9. The number of allylic oxidation sites excluding steroid dienone is 4. The Kier molecular flexibility index (Phi) is 7.17. The molecule has 0 saturated heterocycles. The summed E-state index contributed by atoms with van der Waals surface area (Å²) in [7, 11) is 0. The van der Waals surface area contributed by atoms with Crippen molar-refractivity contribution in [3.05, 3.63) is 181 Å². The molecule has 0 bridgehead atoms. The van der Waals surface area contributed by atoms with Crippen LogP contribution in [-0.2, 0) is 0 Å². The summed E-state index contributed by atoms with van der Waals surface area (Å²) in [6.45, 7) is 4.25. The molecule has 5 nitrogen and oxygen atoms in total. The van der Waals surface area contributed by atoms with E-state index in [0.717, 1.165) is 71.5 Å². The summed E-state index contributed by atoms with van der Waals surface area (Å²) >= 11 is 0. The van der Waals surface area contributed by atoms with Gasteiger partial charge in [0.25, 0.3) is 0 Å². The number of benzene rings is 6. The van der Waals surface area contributed by atoms with E-state index in [9.17, 15) is 0 Å². The molecule has 9 aromatic rings. The smallest absolute Gasteiger partial charge is 0.240 e. The Morgan fingerprint density at radius 2 is 0.800 bits per heavy atom. The first-order valence-corrected chi connectivity index (χ1v) is 16.9. The maximum Gasteiger partial charge on any atom is 0.240 e. The van der Waals surface area contributed by atoms with E-state index in [1.54, 1.807) is 0 Å². The summed E-state index contributed by atoms with van der Waals surface area (Å²) in [6, 6.07) is 54.9. The Labute approximate surface area is 290 Å². The van der Waals surface area contributed by atoms with E-state index in [-0.39, 0.29) is 0 Å². The number of para-hydroxylation sites is 4. The molecule has 9 rings (SSSR count). The number of rotatable bonds is 6. The van der Waals surface area contributed by atoms with Crippen LogP contribution in [-0.4, -0.2) is 24.1 Å². The first kappa shape index (κ1) is 29.5. The zero-order valence-corrected chi connectivity index (χ0v) is 27.8. The monoisotopic (exact) mass is 643 g/mol. The maximum atomic E-state index is 5.42. The number of hydrogen-bond donors (Lipinski definition) is 0. The first-order chi connectivity index (χ1) is 24.7. The second kappa shape index (κ2) is 12.1. The second-order valence-corrected chi connectivity index (χ2v) is 12.4. The Morgan fingerprint density at radius 3 is 1.20 bits per heavy atom. The van der Waals surface area contributed by atoms with Crippen molar-refractivity contribution in [2.75, 3.05) is 0 Å². The van der Waals surface area contributed by atoms with Crippen LogP contribution in [0.5, 0.6) is 0 Å². The maximum absolute atomic E-state index is 5.42. The average Bonchev–Trinajstić information content (AvgIpc) is 3.70. The molecule has 6 aromatic carbocycles. The highest BCUT2D eigenvalue weighted by molar-refractivity contribution is 6.14. The zero-order chi connectivity index (χ0) is 33.6. The third kappa shape index (κ3) is 4.74. The lowest BCUT2D eigenvalue weighted by Gasteiger charge is -2.18. The van der Waals surface area contributed by atoms with Gasteiger partial charge in [-0.2, -0.15) is 15.0 Å². The topological polar surface area (TPSA) is 48.5 Å². The third-order valence-corrected chi connectivity index (χ3v) is 9.62. The van der Waals surface area contributed by atoms with Gasteiger partial charge in [0.15, 0.2) is 5.82 Å². The normalized spacial score (nSPS) is 12.6. The molecule has 0 spiro atoms. The van der Waals surface area contributed by atoms with Crippen molar-refractivity contribution >= 4 is 60.3 Å². The predicted octanol–water partition coefficient (Wildman–Crippen LogP) is 11.1. The van der Waals surface area contributed by atoms with Crippen LogP contribution in [0.25, 0.3) is 72.2 Å². The van der Waals surface area contributed by atoms with Gasteiger partial charge in [-0.3, -0.25) is 9.13 Å². The van der Waals surface area contributed by atoms with Crippen LogP contribution >= 0.6 is 0 Å². The van der Waals surface area contributed by atoms with Crippen molar-refractivity contribution in [2.45, 2.75) is 13.8 Å². The molecule has 0 aliphatic rings. The van der Waals surface area contributed by atoms with Gasteiger partial charge in [-0.05, 0) is 60.4 Å². The van der Waals surface area contributed by atoms with Gasteiger partial charge in [0.05, 0.1) is 22.1 Å². The molecule has 3 heterocycles. The summed E-state index contributed by atoms with van der Waals surface area (Å²) in [5.41, 5.74) is 9.45. The minimum Gasteiger partial charge on any atom is -0.278 e. The molecule has 0 radical (unpaired) electrons. The largest absolute Gasteiger partial charge is 0.278 e. The Bertz CT molecular complexity index is 2530. The van der Waals surface area contributed by atoms with Gasteiger partial charge in [0, 0.05) is 27.1 Å². The standard InChI is InChI=1S/C45H33N5/c1-3-33(32-20-8-5-9-21-32)42(30(2)31-18-6-4-7-19-31)43-46-44(49-38-26-14-10-22-34(38)35-23-11-15-27-39(35)49)48-45(47-43)50-40-28-16-12-24-36(40)37-25-13-17-29-41(37)50/h3-29H,1-2H3/b33-3-,42-30-. The highest BCUT2D eigenvalue weighted by atomic mass is 15.3. The zero-order valence-electron chi connectivity index (χ0n) is 27.8. The van der Waals surface area contributed by atoms with Crippen molar-refractivity contribution in [3.63, 3.8) is 0 Å². The fourth-order valence-corrected chi connectivity index (χ4v) is 7.34. The van der Waals surface area contributed by atoms with Crippen molar-refractivity contribution in [1.29, 1.82) is 0 Å². The lowest BCUT2D eigenvalue weighted by Crippen LogP contribution is -2.12. The third-order valence-electron chi connectivity index (χ3n) is 9.62. The average molecular weight is 644 g/mol. The molecule has 3 aromatic heterocycles. The quantitative estimate of drug-likeness (QED) is 0.169. The Morgan fingerprint density at radius 1 is 0.440 bits per heavy atom. The summed E-state index contributed by atoms with van der Waals surface area (Å²) in [5.74, 6) is 1.73. The minimum absolute atomic E-state index is 0.561.